The first-order valence-corrected chi connectivity index (χ1v) is 11.9. The molecule has 0 spiro atoms. The zero-order valence-corrected chi connectivity index (χ0v) is 18.4. The van der Waals surface area contributed by atoms with E-state index in [1.807, 2.05) is 11.8 Å². The zero-order valence-electron chi connectivity index (χ0n) is 18.4. The molecule has 2 aliphatic heterocycles. The second-order valence-electron chi connectivity index (χ2n) is 9.23. The minimum Gasteiger partial charge on any atom is -0.450 e. The average molecular weight is 421 g/mol. The molecule has 1 atom stereocenters. The van der Waals surface area contributed by atoms with Gasteiger partial charge in [0, 0.05) is 37.2 Å². The van der Waals surface area contributed by atoms with Crippen LogP contribution in [0, 0.1) is 5.92 Å². The molecule has 0 radical (unpaired) electrons. The van der Waals surface area contributed by atoms with Crippen LogP contribution in [0.4, 0.5) is 4.79 Å². The molecular weight excluding hydrogens is 388 g/mol. The molecule has 5 rings (SSSR count). The van der Waals surface area contributed by atoms with E-state index >= 15 is 0 Å². The van der Waals surface area contributed by atoms with Gasteiger partial charge in [0.2, 0.25) is 0 Å². The van der Waals surface area contributed by atoms with Crippen LogP contribution in [0.15, 0.2) is 30.3 Å². The number of ether oxygens (including phenoxy) is 1. The predicted molar refractivity (Wildman–Crippen MR) is 122 cm³/mol. The molecule has 2 saturated heterocycles. The van der Waals surface area contributed by atoms with Crippen LogP contribution in [0.2, 0.25) is 0 Å². The minimum atomic E-state index is -0.195. The van der Waals surface area contributed by atoms with E-state index in [1.54, 1.807) is 0 Å². The van der Waals surface area contributed by atoms with Crippen LogP contribution in [-0.2, 0) is 17.6 Å². The fourth-order valence-electron chi connectivity index (χ4n) is 5.86. The topological polar surface area (TPSA) is 49.9 Å². The van der Waals surface area contributed by atoms with Crippen molar-refractivity contribution in [2.24, 2.45) is 5.92 Å². The summed E-state index contributed by atoms with van der Waals surface area (Å²) in [6, 6.07) is 11.1. The van der Waals surface area contributed by atoms with Crippen molar-refractivity contribution < 1.29 is 14.3 Å². The zero-order chi connectivity index (χ0) is 21.4. The van der Waals surface area contributed by atoms with Gasteiger partial charge in [-0.15, -0.1) is 0 Å². The Morgan fingerprint density at radius 1 is 1.00 bits per heavy atom. The Bertz CT molecular complexity index is 983. The van der Waals surface area contributed by atoms with Gasteiger partial charge in [-0.1, -0.05) is 30.3 Å². The lowest BCUT2D eigenvalue weighted by molar-refractivity contribution is 0.0533. The maximum Gasteiger partial charge on any atom is 0.409 e. The summed E-state index contributed by atoms with van der Waals surface area (Å²) < 4.78 is 5.14. The molecule has 5 heteroatoms. The number of Topliss-reactive ketones (excluding diaryl/α,β-unsaturated/α-hetero) is 1. The maximum atomic E-state index is 13.6. The van der Waals surface area contributed by atoms with Gasteiger partial charge in [-0.3, -0.25) is 9.69 Å². The molecule has 0 aromatic heterocycles. The maximum absolute atomic E-state index is 13.6. The summed E-state index contributed by atoms with van der Waals surface area (Å²) in [5.41, 5.74) is 3.69. The van der Waals surface area contributed by atoms with Gasteiger partial charge in [-0.25, -0.2) is 4.79 Å². The molecule has 2 aromatic carbocycles. The Morgan fingerprint density at radius 3 is 2.55 bits per heavy atom. The van der Waals surface area contributed by atoms with Crippen molar-refractivity contribution in [2.45, 2.75) is 51.5 Å². The normalized spacial score (nSPS) is 22.1. The van der Waals surface area contributed by atoms with Crippen molar-refractivity contribution in [1.82, 2.24) is 9.80 Å². The molecule has 0 unspecified atom stereocenters. The van der Waals surface area contributed by atoms with Gasteiger partial charge in [0.25, 0.3) is 0 Å². The number of hydrogen-bond donors (Lipinski definition) is 0. The van der Waals surface area contributed by atoms with Gasteiger partial charge in [0.15, 0.2) is 5.78 Å². The van der Waals surface area contributed by atoms with Gasteiger partial charge in [-0.2, -0.15) is 0 Å². The van der Waals surface area contributed by atoms with Gasteiger partial charge in [0.1, 0.15) is 0 Å². The van der Waals surface area contributed by atoms with Crippen LogP contribution < -0.4 is 0 Å². The van der Waals surface area contributed by atoms with E-state index in [0.29, 0.717) is 18.4 Å². The smallest absolute Gasteiger partial charge is 0.409 e. The van der Waals surface area contributed by atoms with Crippen molar-refractivity contribution in [3.05, 3.63) is 47.0 Å². The van der Waals surface area contributed by atoms with Crippen molar-refractivity contribution in [2.75, 3.05) is 32.8 Å². The predicted octanol–water partition coefficient (Wildman–Crippen LogP) is 4.45. The standard InChI is InChI=1S/C26H32N2O3/c1-2-31-26(30)27-15-12-21(13-16-27)28-14-4-6-20(17-28)25(29)23-11-10-19-9-8-18-5-3-7-22(23)24(18)19/h3,5,7,10-11,20-21H,2,4,6,8-9,12-17H2,1H3/t20-/m0/s1. The quantitative estimate of drug-likeness (QED) is 0.686. The van der Waals surface area contributed by atoms with E-state index in [-0.39, 0.29) is 12.0 Å². The molecule has 1 amide bonds. The van der Waals surface area contributed by atoms with Crippen LogP contribution in [0.5, 0.6) is 0 Å². The second-order valence-corrected chi connectivity index (χ2v) is 9.23. The van der Waals surface area contributed by atoms with Gasteiger partial charge in [-0.05, 0) is 73.9 Å². The van der Waals surface area contributed by atoms with Crippen molar-refractivity contribution in [3.63, 3.8) is 0 Å². The first-order chi connectivity index (χ1) is 15.2. The SMILES string of the molecule is CCOC(=O)N1CCC(N2CCC[C@H](C(=O)c3ccc4c5c(cccc35)CC4)C2)CC1. The highest BCUT2D eigenvalue weighted by Gasteiger charge is 2.33. The lowest BCUT2D eigenvalue weighted by atomic mass is 9.86. The van der Waals surface area contributed by atoms with Gasteiger partial charge >= 0.3 is 6.09 Å². The Hall–Kier alpha value is -2.40. The highest BCUT2D eigenvalue weighted by atomic mass is 16.6. The third kappa shape index (κ3) is 3.84. The molecule has 3 aliphatic rings. The summed E-state index contributed by atoms with van der Waals surface area (Å²) in [7, 11) is 0. The molecule has 164 valence electrons. The lowest BCUT2D eigenvalue weighted by Gasteiger charge is -2.41. The molecule has 0 saturated carbocycles. The lowest BCUT2D eigenvalue weighted by Crippen LogP contribution is -2.50. The Balaban J connectivity index is 1.28. The van der Waals surface area contributed by atoms with E-state index in [9.17, 15) is 9.59 Å². The summed E-state index contributed by atoms with van der Waals surface area (Å²) in [6.45, 7) is 5.65. The average Bonchev–Trinajstić information content (AvgIpc) is 3.24. The number of nitrogens with zero attached hydrogens (tertiary/aromatic N) is 2. The van der Waals surface area contributed by atoms with Crippen LogP contribution in [0.25, 0.3) is 10.8 Å². The number of carbonyl (C=O) groups excluding carboxylic acids is 2. The number of ketones is 1. The highest BCUT2D eigenvalue weighted by Crippen LogP contribution is 2.35. The number of hydrogen-bond acceptors (Lipinski definition) is 4. The molecule has 5 nitrogen and oxygen atoms in total. The van der Waals surface area contributed by atoms with Crippen LogP contribution >= 0.6 is 0 Å². The minimum absolute atomic E-state index is 0.0651. The fourth-order valence-corrected chi connectivity index (χ4v) is 5.86. The van der Waals surface area contributed by atoms with E-state index in [1.165, 1.54) is 16.5 Å². The van der Waals surface area contributed by atoms with Crippen LogP contribution in [-0.4, -0.2) is 60.5 Å². The Labute approximate surface area is 184 Å². The van der Waals surface area contributed by atoms with E-state index in [4.69, 9.17) is 4.74 Å². The van der Waals surface area contributed by atoms with E-state index < -0.39 is 0 Å². The third-order valence-electron chi connectivity index (χ3n) is 7.47. The van der Waals surface area contributed by atoms with Gasteiger partial charge in [0.05, 0.1) is 6.61 Å². The molecular formula is C26H32N2O3. The summed E-state index contributed by atoms with van der Waals surface area (Å²) in [5.74, 6) is 0.375. The van der Waals surface area contributed by atoms with Gasteiger partial charge < -0.3 is 9.64 Å². The van der Waals surface area contributed by atoms with Crippen molar-refractivity contribution >= 4 is 22.6 Å². The number of rotatable bonds is 4. The van der Waals surface area contributed by atoms with Crippen molar-refractivity contribution in [1.29, 1.82) is 0 Å². The van der Waals surface area contributed by atoms with E-state index in [0.717, 1.165) is 75.7 Å². The molecule has 31 heavy (non-hydrogen) atoms. The van der Waals surface area contributed by atoms with Crippen molar-refractivity contribution in [3.8, 4) is 0 Å². The first-order valence-electron chi connectivity index (χ1n) is 11.9. The Morgan fingerprint density at radius 2 is 1.77 bits per heavy atom. The molecule has 1 aliphatic carbocycles. The molecule has 0 bridgehead atoms. The number of likely N-dealkylation sites (tertiary alicyclic amines) is 2. The van der Waals surface area contributed by atoms with E-state index in [2.05, 4.69) is 35.2 Å². The fraction of sp³-hybridized carbons (Fsp3) is 0.538. The summed E-state index contributed by atoms with van der Waals surface area (Å²) >= 11 is 0. The third-order valence-corrected chi connectivity index (χ3v) is 7.47. The number of aryl methyl sites for hydroxylation is 2. The largest absolute Gasteiger partial charge is 0.450 e. The number of benzene rings is 2. The summed E-state index contributed by atoms with van der Waals surface area (Å²) in [6.07, 6.45) is 5.94. The van der Waals surface area contributed by atoms with Crippen LogP contribution in [0.3, 0.4) is 0 Å². The number of amides is 1. The molecule has 2 aromatic rings. The molecule has 2 heterocycles. The number of carbonyl (C=O) groups is 2. The second kappa shape index (κ2) is 8.62. The molecule has 0 N–H and O–H groups in total. The Kier molecular flexibility index (Phi) is 5.70. The first kappa shape index (κ1) is 20.5. The molecule has 2 fully saturated rings. The highest BCUT2D eigenvalue weighted by molar-refractivity contribution is 6.11. The van der Waals surface area contributed by atoms with Crippen LogP contribution in [0.1, 0.15) is 54.1 Å². The number of piperidine rings is 2. The monoisotopic (exact) mass is 420 g/mol. The summed E-state index contributed by atoms with van der Waals surface area (Å²) in [4.78, 5) is 29.9. The summed E-state index contributed by atoms with van der Waals surface area (Å²) in [5, 5.41) is 2.48.